The minimum Gasteiger partial charge on any atom is -0.394 e. The lowest BCUT2D eigenvalue weighted by Crippen LogP contribution is -2.15. The lowest BCUT2D eigenvalue weighted by molar-refractivity contribution is 0.108. The van der Waals surface area contributed by atoms with Gasteiger partial charge in [0.2, 0.25) is 0 Å². The highest BCUT2D eigenvalue weighted by Crippen LogP contribution is 2.30. The van der Waals surface area contributed by atoms with Crippen LogP contribution in [-0.2, 0) is 24.3 Å². The van der Waals surface area contributed by atoms with E-state index in [1.54, 1.807) is 11.3 Å². The van der Waals surface area contributed by atoms with Crippen LogP contribution in [0.3, 0.4) is 0 Å². The summed E-state index contributed by atoms with van der Waals surface area (Å²) in [5, 5.41) is 17.8. The Bertz CT molecular complexity index is 505. The van der Waals surface area contributed by atoms with E-state index >= 15 is 0 Å². The molecule has 1 aliphatic rings. The van der Waals surface area contributed by atoms with Gasteiger partial charge in [-0.3, -0.25) is 4.68 Å². The van der Waals surface area contributed by atoms with Crippen LogP contribution in [0.2, 0.25) is 0 Å². The summed E-state index contributed by atoms with van der Waals surface area (Å²) in [5.41, 5.74) is 4.55. The lowest BCUT2D eigenvalue weighted by Gasteiger charge is -2.14. The lowest BCUT2D eigenvalue weighted by atomic mass is 10.1. The average Bonchev–Trinajstić information content (AvgIpc) is 2.97. The molecular weight excluding hydrogens is 236 g/mol. The van der Waals surface area contributed by atoms with Crippen LogP contribution in [0.25, 0.3) is 11.3 Å². The largest absolute Gasteiger partial charge is 0.394 e. The molecule has 0 spiro atoms. The van der Waals surface area contributed by atoms with Crippen molar-refractivity contribution in [1.29, 1.82) is 0 Å². The SMILES string of the molecule is OCCn1nc(-c2ccsc2)c2c1CCOC2. The second kappa shape index (κ2) is 4.60. The van der Waals surface area contributed by atoms with Crippen LogP contribution in [0, 0.1) is 0 Å². The fourth-order valence-corrected chi connectivity index (χ4v) is 2.86. The molecule has 0 aromatic carbocycles. The highest BCUT2D eigenvalue weighted by molar-refractivity contribution is 7.08. The average molecular weight is 250 g/mol. The van der Waals surface area contributed by atoms with Gasteiger partial charge in [0.25, 0.3) is 0 Å². The molecule has 2 aromatic heterocycles. The zero-order valence-corrected chi connectivity index (χ0v) is 10.2. The summed E-state index contributed by atoms with van der Waals surface area (Å²) in [5.74, 6) is 0. The summed E-state index contributed by atoms with van der Waals surface area (Å²) in [4.78, 5) is 0. The first-order chi connectivity index (χ1) is 8.40. The second-order valence-corrected chi connectivity index (χ2v) is 4.82. The van der Waals surface area contributed by atoms with Gasteiger partial charge < -0.3 is 9.84 Å². The number of aliphatic hydroxyl groups is 1. The molecule has 90 valence electrons. The maximum absolute atomic E-state index is 9.07. The molecule has 0 amide bonds. The number of nitrogens with zero attached hydrogens (tertiary/aromatic N) is 2. The minimum absolute atomic E-state index is 0.123. The zero-order chi connectivity index (χ0) is 11.7. The van der Waals surface area contributed by atoms with Crippen LogP contribution in [0.15, 0.2) is 16.8 Å². The number of rotatable bonds is 3. The quantitative estimate of drug-likeness (QED) is 0.901. The Labute approximate surface area is 103 Å². The molecule has 3 rings (SSSR count). The van der Waals surface area contributed by atoms with Crippen molar-refractivity contribution < 1.29 is 9.84 Å². The molecule has 17 heavy (non-hydrogen) atoms. The third-order valence-electron chi connectivity index (χ3n) is 3.00. The van der Waals surface area contributed by atoms with Gasteiger partial charge in [-0.2, -0.15) is 16.4 Å². The molecule has 0 saturated heterocycles. The van der Waals surface area contributed by atoms with Crippen molar-refractivity contribution in [1.82, 2.24) is 9.78 Å². The first-order valence-electron chi connectivity index (χ1n) is 5.70. The molecule has 3 heterocycles. The molecule has 5 heteroatoms. The Morgan fingerprint density at radius 2 is 2.47 bits per heavy atom. The van der Waals surface area contributed by atoms with Crippen molar-refractivity contribution in [3.63, 3.8) is 0 Å². The Morgan fingerprint density at radius 1 is 1.53 bits per heavy atom. The Balaban J connectivity index is 2.09. The summed E-state index contributed by atoms with van der Waals surface area (Å²) in [6, 6.07) is 2.07. The first-order valence-corrected chi connectivity index (χ1v) is 6.64. The van der Waals surface area contributed by atoms with Crippen LogP contribution in [0.1, 0.15) is 11.3 Å². The maximum Gasteiger partial charge on any atom is 0.0989 e. The van der Waals surface area contributed by atoms with E-state index in [9.17, 15) is 0 Å². The monoisotopic (exact) mass is 250 g/mol. The molecule has 1 N–H and O–H groups in total. The Morgan fingerprint density at radius 3 is 3.24 bits per heavy atom. The third-order valence-corrected chi connectivity index (χ3v) is 3.69. The molecule has 4 nitrogen and oxygen atoms in total. The predicted octanol–water partition coefficient (Wildman–Crippen LogP) is 1.68. The number of aliphatic hydroxyl groups excluding tert-OH is 1. The molecule has 2 aromatic rings. The summed E-state index contributed by atoms with van der Waals surface area (Å²) in [7, 11) is 0. The van der Waals surface area contributed by atoms with Crippen molar-refractivity contribution in [3.8, 4) is 11.3 Å². The fourth-order valence-electron chi connectivity index (χ4n) is 2.22. The number of aromatic nitrogens is 2. The van der Waals surface area contributed by atoms with Gasteiger partial charge in [0.1, 0.15) is 0 Å². The van der Waals surface area contributed by atoms with E-state index in [4.69, 9.17) is 9.84 Å². The smallest absolute Gasteiger partial charge is 0.0989 e. The normalized spacial score (nSPS) is 14.9. The predicted molar refractivity (Wildman–Crippen MR) is 66.0 cm³/mol. The van der Waals surface area contributed by atoms with E-state index in [0.717, 1.165) is 24.3 Å². The van der Waals surface area contributed by atoms with Crippen LogP contribution in [0.4, 0.5) is 0 Å². The summed E-state index contributed by atoms with van der Waals surface area (Å²) < 4.78 is 7.44. The Hall–Kier alpha value is -1.17. The van der Waals surface area contributed by atoms with Gasteiger partial charge >= 0.3 is 0 Å². The van der Waals surface area contributed by atoms with Crippen molar-refractivity contribution in [2.24, 2.45) is 0 Å². The van der Waals surface area contributed by atoms with Crippen molar-refractivity contribution >= 4 is 11.3 Å². The van der Waals surface area contributed by atoms with Crippen LogP contribution in [-0.4, -0.2) is 28.1 Å². The van der Waals surface area contributed by atoms with Crippen LogP contribution < -0.4 is 0 Å². The van der Waals surface area contributed by atoms with Gasteiger partial charge in [0.15, 0.2) is 0 Å². The number of hydrogen-bond acceptors (Lipinski definition) is 4. The highest BCUT2D eigenvalue weighted by atomic mass is 32.1. The number of hydrogen-bond donors (Lipinski definition) is 1. The highest BCUT2D eigenvalue weighted by Gasteiger charge is 2.21. The maximum atomic E-state index is 9.07. The van der Waals surface area contributed by atoms with Crippen molar-refractivity contribution in [2.75, 3.05) is 13.2 Å². The van der Waals surface area contributed by atoms with Crippen LogP contribution >= 0.6 is 11.3 Å². The second-order valence-electron chi connectivity index (χ2n) is 4.04. The molecule has 0 saturated carbocycles. The van der Waals surface area contributed by atoms with E-state index in [-0.39, 0.29) is 6.61 Å². The number of fused-ring (bicyclic) bond motifs is 1. The first kappa shape index (κ1) is 11.0. The molecule has 0 bridgehead atoms. The van der Waals surface area contributed by atoms with E-state index < -0.39 is 0 Å². The van der Waals surface area contributed by atoms with Crippen molar-refractivity contribution in [2.45, 2.75) is 19.6 Å². The molecule has 1 aliphatic heterocycles. The number of thiophene rings is 1. The molecular formula is C12H14N2O2S. The molecule has 0 fully saturated rings. The van der Waals surface area contributed by atoms with Gasteiger partial charge in [-0.15, -0.1) is 0 Å². The number of ether oxygens (including phenoxy) is 1. The van der Waals surface area contributed by atoms with Gasteiger partial charge in [-0.1, -0.05) is 0 Å². The molecule has 0 radical (unpaired) electrons. The molecule has 0 unspecified atom stereocenters. The topological polar surface area (TPSA) is 47.3 Å². The van der Waals surface area contributed by atoms with E-state index in [2.05, 4.69) is 21.9 Å². The zero-order valence-electron chi connectivity index (χ0n) is 9.43. The van der Waals surface area contributed by atoms with Crippen molar-refractivity contribution in [3.05, 3.63) is 28.1 Å². The van der Waals surface area contributed by atoms with E-state index in [1.165, 1.54) is 11.3 Å². The fraction of sp³-hybridized carbons (Fsp3) is 0.417. The van der Waals surface area contributed by atoms with Crippen LogP contribution in [0.5, 0.6) is 0 Å². The molecule has 0 aliphatic carbocycles. The summed E-state index contributed by atoms with van der Waals surface area (Å²) >= 11 is 1.67. The van der Waals surface area contributed by atoms with Gasteiger partial charge in [-0.25, -0.2) is 0 Å². The van der Waals surface area contributed by atoms with Gasteiger partial charge in [0, 0.05) is 28.6 Å². The summed E-state index contributed by atoms with van der Waals surface area (Å²) in [6.07, 6.45) is 0.881. The minimum atomic E-state index is 0.123. The third kappa shape index (κ3) is 1.90. The Kier molecular flexibility index (Phi) is 2.96. The van der Waals surface area contributed by atoms with E-state index in [0.29, 0.717) is 13.2 Å². The van der Waals surface area contributed by atoms with Gasteiger partial charge in [-0.05, 0) is 11.4 Å². The summed E-state index contributed by atoms with van der Waals surface area (Å²) in [6.45, 7) is 2.06. The van der Waals surface area contributed by atoms with E-state index in [1.807, 2.05) is 4.68 Å². The van der Waals surface area contributed by atoms with Gasteiger partial charge in [0.05, 0.1) is 32.1 Å². The standard InChI is InChI=1S/C12H14N2O2S/c15-4-3-14-11-1-5-16-7-10(11)12(13-14)9-2-6-17-8-9/h2,6,8,15H,1,3-5,7H2. The molecule has 0 atom stereocenters.